The Hall–Kier alpha value is -2.55. The molecule has 0 radical (unpaired) electrons. The maximum Gasteiger partial charge on any atom is 0.254 e. The van der Waals surface area contributed by atoms with Crippen LogP contribution in [-0.2, 0) is 0 Å². The molecule has 2 atom stereocenters. The van der Waals surface area contributed by atoms with Crippen molar-refractivity contribution in [2.24, 2.45) is 10.7 Å². The van der Waals surface area contributed by atoms with Crippen LogP contribution in [0.3, 0.4) is 0 Å². The summed E-state index contributed by atoms with van der Waals surface area (Å²) in [6.07, 6.45) is 0. The van der Waals surface area contributed by atoms with Gasteiger partial charge in [-0.15, -0.1) is 11.8 Å². The van der Waals surface area contributed by atoms with E-state index in [4.69, 9.17) is 15.2 Å². The number of halogens is 2. The van der Waals surface area contributed by atoms with Crippen molar-refractivity contribution < 1.29 is 23.0 Å². The fraction of sp³-hybridized carbons (Fsp3) is 0.222. The predicted octanol–water partition coefficient (Wildman–Crippen LogP) is 2.30. The number of aliphatic imine (C=N–C) groups is 1. The van der Waals surface area contributed by atoms with Gasteiger partial charge in [0.2, 0.25) is 0 Å². The highest BCUT2D eigenvalue weighted by Crippen LogP contribution is 2.36. The summed E-state index contributed by atoms with van der Waals surface area (Å²) in [6.45, 7) is 0.0163. The minimum absolute atomic E-state index is 0.0163. The number of hydrogen-bond acceptors (Lipinski definition) is 5. The fourth-order valence-corrected chi connectivity index (χ4v) is 3.88. The zero-order chi connectivity index (χ0) is 19.6. The first kappa shape index (κ1) is 19.2. The lowest BCUT2D eigenvalue weighted by Crippen LogP contribution is -2.17. The van der Waals surface area contributed by atoms with Crippen LogP contribution in [0.4, 0.5) is 8.78 Å². The summed E-state index contributed by atoms with van der Waals surface area (Å²) in [5.41, 5.74) is 5.24. The second kappa shape index (κ2) is 8.00. The van der Waals surface area contributed by atoms with Crippen molar-refractivity contribution in [3.8, 4) is 11.5 Å². The van der Waals surface area contributed by atoms with Crippen LogP contribution in [0.15, 0.2) is 41.4 Å². The van der Waals surface area contributed by atoms with Crippen LogP contribution in [0, 0.1) is 11.6 Å². The van der Waals surface area contributed by atoms with Crippen molar-refractivity contribution in [3.05, 3.63) is 59.2 Å². The number of primary amides is 1. The molecule has 0 spiro atoms. The van der Waals surface area contributed by atoms with Crippen LogP contribution < -0.4 is 15.2 Å². The zero-order valence-electron chi connectivity index (χ0n) is 14.7. The molecule has 2 aromatic rings. The van der Waals surface area contributed by atoms with E-state index in [0.717, 1.165) is 23.4 Å². The summed E-state index contributed by atoms with van der Waals surface area (Å²) in [4.78, 5) is 15.8. The smallest absolute Gasteiger partial charge is 0.254 e. The summed E-state index contributed by atoms with van der Waals surface area (Å²) in [6, 6.07) is 9.66. The first-order valence-corrected chi connectivity index (χ1v) is 9.06. The van der Waals surface area contributed by atoms with E-state index in [2.05, 4.69) is 4.99 Å². The fourth-order valence-electron chi connectivity index (χ4n) is 2.80. The third kappa shape index (κ3) is 4.08. The molecule has 2 N–H and O–H groups in total. The Kier molecular flexibility index (Phi) is 5.69. The van der Waals surface area contributed by atoms with Crippen molar-refractivity contribution in [2.45, 2.75) is 11.2 Å². The van der Waals surface area contributed by atoms with Gasteiger partial charge in [0, 0.05) is 5.15 Å². The Balaban J connectivity index is 1.73. The molecule has 5 nitrogen and oxygen atoms in total. The van der Waals surface area contributed by atoms with E-state index >= 15 is 0 Å². The van der Waals surface area contributed by atoms with Crippen LogP contribution in [0.1, 0.15) is 22.0 Å². The van der Waals surface area contributed by atoms with E-state index in [1.807, 2.05) is 32.1 Å². The first-order chi connectivity index (χ1) is 12.9. The van der Waals surface area contributed by atoms with E-state index in [0.29, 0.717) is 5.04 Å². The number of ether oxygens (including phenoxy) is 2. The quantitative estimate of drug-likeness (QED) is 0.769. The van der Waals surface area contributed by atoms with Gasteiger partial charge in [-0.1, -0.05) is 12.1 Å². The van der Waals surface area contributed by atoms with Crippen molar-refractivity contribution >= 4 is 30.6 Å². The molecule has 2 unspecified atom stereocenters. The van der Waals surface area contributed by atoms with Gasteiger partial charge in [-0.05, 0) is 29.8 Å². The molecule has 27 heavy (non-hydrogen) atoms. The lowest BCUT2D eigenvalue weighted by Gasteiger charge is -2.13. The molecule has 0 saturated heterocycles. The average Bonchev–Trinajstić information content (AvgIpc) is 3.01. The van der Waals surface area contributed by atoms with Crippen LogP contribution in [-0.4, -0.2) is 37.7 Å². The highest BCUT2D eigenvalue weighted by atomic mass is 32.2. The highest BCUT2D eigenvalue weighted by Gasteiger charge is 2.28. The van der Waals surface area contributed by atoms with Crippen LogP contribution in [0.2, 0.25) is 0 Å². The molecule has 0 aromatic heterocycles. The van der Waals surface area contributed by atoms with Crippen LogP contribution >= 0.6 is 11.8 Å². The number of nitrogens with zero attached hydrogens (tertiary/aromatic N) is 1. The first-order valence-electron chi connectivity index (χ1n) is 8.18. The molecule has 0 aliphatic carbocycles. The number of rotatable bonds is 6. The van der Waals surface area contributed by atoms with Gasteiger partial charge in [0.1, 0.15) is 36.6 Å². The maximum atomic E-state index is 14.2. The van der Waals surface area contributed by atoms with E-state index in [1.54, 1.807) is 7.11 Å². The normalized spacial score (nSPS) is 18.9. The summed E-state index contributed by atoms with van der Waals surface area (Å²) in [5, 5.41) is 0.865. The Morgan fingerprint density at radius 1 is 1.26 bits per heavy atom. The van der Waals surface area contributed by atoms with Crippen molar-refractivity contribution in [1.29, 1.82) is 0 Å². The van der Waals surface area contributed by atoms with Crippen LogP contribution in [0.5, 0.6) is 11.5 Å². The molecule has 2 aromatic carbocycles. The third-order valence-corrected chi connectivity index (χ3v) is 5.29. The highest BCUT2D eigenvalue weighted by molar-refractivity contribution is 8.15. The Bertz CT molecular complexity index is 893. The Morgan fingerprint density at radius 2 is 1.96 bits per heavy atom. The molecule has 1 aliphatic heterocycles. The van der Waals surface area contributed by atoms with E-state index in [-0.39, 0.29) is 23.5 Å². The Labute approximate surface area is 160 Å². The number of carbonyl (C=O) groups excluding carboxylic acids is 1. The van der Waals surface area contributed by atoms with E-state index in [1.165, 1.54) is 11.8 Å². The molecule has 0 bridgehead atoms. The minimum atomic E-state index is -1.18. The Morgan fingerprint density at radius 3 is 2.59 bits per heavy atom. The largest absolute Gasteiger partial charge is 0.497 e. The van der Waals surface area contributed by atoms with Gasteiger partial charge >= 0.3 is 0 Å². The topological polar surface area (TPSA) is 73.9 Å². The van der Waals surface area contributed by atoms with Crippen LogP contribution in [0.25, 0.3) is 0 Å². The van der Waals surface area contributed by atoms with Crippen molar-refractivity contribution in [3.63, 3.8) is 0 Å². The van der Waals surface area contributed by atoms with Crippen molar-refractivity contribution in [2.75, 3.05) is 13.7 Å². The molecule has 1 heterocycles. The lowest BCUT2D eigenvalue weighted by molar-refractivity contribution is 0.0991. The van der Waals surface area contributed by atoms with Crippen molar-refractivity contribution in [1.82, 2.24) is 0 Å². The number of carbonyl (C=O) groups is 1. The van der Waals surface area contributed by atoms with Gasteiger partial charge in [0.25, 0.3) is 5.91 Å². The average molecular weight is 390 g/mol. The second-order valence-electron chi connectivity index (χ2n) is 5.95. The van der Waals surface area contributed by atoms with Gasteiger partial charge in [-0.3, -0.25) is 9.79 Å². The predicted molar refractivity (Wildman–Crippen MR) is 103 cm³/mol. The SMILES string of the molecule is BC1SC(COc2ccc(F)c(C(N)=O)c2F)=NC1c1ccc(OC)cc1. The third-order valence-electron chi connectivity index (χ3n) is 4.16. The molecular weight excluding hydrogens is 373 g/mol. The molecule has 3 rings (SSSR count). The molecule has 9 heteroatoms. The number of thioether (sulfide) groups is 1. The molecule has 0 fully saturated rings. The maximum absolute atomic E-state index is 14.2. The van der Waals surface area contributed by atoms with E-state index < -0.39 is 23.1 Å². The zero-order valence-corrected chi connectivity index (χ0v) is 15.6. The van der Waals surface area contributed by atoms with E-state index in [9.17, 15) is 13.6 Å². The molecule has 1 amide bonds. The molecular formula is C18H17BF2N2O3S. The number of methoxy groups -OCH3 is 1. The summed E-state index contributed by atoms with van der Waals surface area (Å²) >= 11 is 1.52. The molecule has 1 aliphatic rings. The number of nitrogens with two attached hydrogens (primary N) is 1. The van der Waals surface area contributed by atoms with Gasteiger partial charge in [-0.2, -0.15) is 0 Å². The van der Waals surface area contributed by atoms with Gasteiger partial charge < -0.3 is 15.2 Å². The summed E-state index contributed by atoms with van der Waals surface area (Å²) in [7, 11) is 3.65. The number of hydrogen-bond donors (Lipinski definition) is 1. The number of benzene rings is 2. The molecule has 0 saturated carbocycles. The van der Waals surface area contributed by atoms with Gasteiger partial charge in [0.15, 0.2) is 11.6 Å². The van der Waals surface area contributed by atoms with Gasteiger partial charge in [-0.25, -0.2) is 8.78 Å². The standard InChI is InChI=1S/C18H17BF2N2O3S/c1-25-10-4-2-9(3-5-10)16-17(19)27-13(23-16)8-26-12-7-6-11(20)14(15(12)21)18(22)24/h2-7,16-17H,8,19H2,1H3,(H2,22,24). The summed E-state index contributed by atoms with van der Waals surface area (Å²) < 4.78 is 38.3. The second-order valence-corrected chi connectivity index (χ2v) is 7.40. The lowest BCUT2D eigenvalue weighted by atomic mass is 9.91. The minimum Gasteiger partial charge on any atom is -0.497 e. The monoisotopic (exact) mass is 390 g/mol. The molecule has 140 valence electrons. The summed E-state index contributed by atoms with van der Waals surface area (Å²) in [5.74, 6) is -2.79. The number of amides is 1. The van der Waals surface area contributed by atoms with Gasteiger partial charge in [0.05, 0.1) is 13.2 Å².